The van der Waals surface area contributed by atoms with Crippen molar-refractivity contribution in [3.8, 4) is 0 Å². The molecule has 2 fully saturated rings. The minimum Gasteiger partial charge on any atom is -0.393 e. The van der Waals surface area contributed by atoms with Gasteiger partial charge in [0.15, 0.2) is 0 Å². The molecule has 14 heavy (non-hydrogen) atoms. The molecule has 2 nitrogen and oxygen atoms in total. The summed E-state index contributed by atoms with van der Waals surface area (Å²) in [7, 11) is 0. The van der Waals surface area contributed by atoms with Crippen LogP contribution in [0, 0.1) is 0 Å². The van der Waals surface area contributed by atoms with Gasteiger partial charge in [-0.3, -0.25) is 4.90 Å². The zero-order valence-electron chi connectivity index (χ0n) is 8.62. The molecule has 80 valence electrons. The second-order valence-electron chi connectivity index (χ2n) is 4.64. The van der Waals surface area contributed by atoms with E-state index >= 15 is 0 Å². The lowest BCUT2D eigenvalue weighted by atomic mass is 9.99. The number of aliphatic hydroxyl groups excluding tert-OH is 1. The highest BCUT2D eigenvalue weighted by atomic mass is 35.5. The van der Waals surface area contributed by atoms with Crippen molar-refractivity contribution in [2.45, 2.75) is 50.8 Å². The number of hydrogen-bond acceptors (Lipinski definition) is 2. The van der Waals surface area contributed by atoms with Crippen LogP contribution in [-0.2, 0) is 0 Å². The molecule has 0 aromatic rings. The monoisotopic (exact) mass is 215 g/mol. The van der Waals surface area contributed by atoms with Crippen molar-refractivity contribution in [3.63, 3.8) is 0 Å². The first-order valence-corrected chi connectivity index (χ1v) is 5.84. The highest BCUT2D eigenvalue weighted by Gasteiger charge is 2.39. The average Bonchev–Trinajstić information content (AvgIpc) is 2.41. The lowest BCUT2D eigenvalue weighted by Gasteiger charge is -2.37. The smallest absolute Gasteiger partial charge is 0.0570 e. The summed E-state index contributed by atoms with van der Waals surface area (Å²) in [6.07, 6.45) is 4.33. The fourth-order valence-corrected chi connectivity index (χ4v) is 2.90. The second kappa shape index (κ2) is 4.21. The number of halogens is 1. The fraction of sp³-hybridized carbons (Fsp3) is 0.818. The van der Waals surface area contributed by atoms with Gasteiger partial charge in [0.05, 0.1) is 6.10 Å². The molecule has 2 rings (SSSR count). The number of nitrogens with zero attached hydrogens (tertiary/aromatic N) is 1. The van der Waals surface area contributed by atoms with Gasteiger partial charge >= 0.3 is 0 Å². The Morgan fingerprint density at radius 2 is 2.00 bits per heavy atom. The van der Waals surface area contributed by atoms with Gasteiger partial charge in [0.25, 0.3) is 0 Å². The van der Waals surface area contributed by atoms with Crippen LogP contribution in [0.15, 0.2) is 11.1 Å². The molecule has 2 bridgehead atoms. The van der Waals surface area contributed by atoms with Crippen molar-refractivity contribution in [2.75, 3.05) is 6.54 Å². The minimum absolute atomic E-state index is 0.0657. The van der Waals surface area contributed by atoms with Gasteiger partial charge in [0.2, 0.25) is 0 Å². The molecule has 0 radical (unpaired) electrons. The maximum atomic E-state index is 9.63. The standard InChI is InChI=1S/C11H18ClNO/c1-8(6-12)7-13-9-2-3-10(13)5-11(14)4-9/h6,9-11,14H,2-5,7H2,1H3/b8-6+. The Balaban J connectivity index is 2.00. The van der Waals surface area contributed by atoms with E-state index in [0.29, 0.717) is 12.1 Å². The third-order valence-corrected chi connectivity index (χ3v) is 3.85. The van der Waals surface area contributed by atoms with E-state index in [-0.39, 0.29) is 6.10 Å². The van der Waals surface area contributed by atoms with Crippen LogP contribution in [-0.4, -0.2) is 34.7 Å². The van der Waals surface area contributed by atoms with Crippen LogP contribution in [0.4, 0.5) is 0 Å². The Bertz CT molecular complexity index is 227. The molecule has 2 aliphatic rings. The third kappa shape index (κ3) is 1.97. The lowest BCUT2D eigenvalue weighted by Crippen LogP contribution is -2.45. The first-order chi connectivity index (χ1) is 6.70. The lowest BCUT2D eigenvalue weighted by molar-refractivity contribution is 0.0408. The van der Waals surface area contributed by atoms with Crippen LogP contribution in [0.5, 0.6) is 0 Å². The molecule has 1 N–H and O–H groups in total. The Morgan fingerprint density at radius 3 is 2.50 bits per heavy atom. The normalized spacial score (nSPS) is 39.1. The van der Waals surface area contributed by atoms with E-state index in [1.165, 1.54) is 18.4 Å². The zero-order chi connectivity index (χ0) is 10.1. The van der Waals surface area contributed by atoms with Crippen LogP contribution in [0.2, 0.25) is 0 Å². The van der Waals surface area contributed by atoms with Crippen molar-refractivity contribution in [1.29, 1.82) is 0 Å². The summed E-state index contributed by atoms with van der Waals surface area (Å²) < 4.78 is 0. The SMILES string of the molecule is C/C(=C\Cl)CN1C2CCC1CC(O)C2. The number of aliphatic hydroxyl groups is 1. The van der Waals surface area contributed by atoms with Gasteiger partial charge in [0.1, 0.15) is 0 Å². The van der Waals surface area contributed by atoms with E-state index < -0.39 is 0 Å². The van der Waals surface area contributed by atoms with Crippen LogP contribution >= 0.6 is 11.6 Å². The Hall–Kier alpha value is -0.0500. The summed E-state index contributed by atoms with van der Waals surface area (Å²) in [5.41, 5.74) is 2.89. The molecule has 2 heterocycles. The van der Waals surface area contributed by atoms with E-state index in [4.69, 9.17) is 11.6 Å². The van der Waals surface area contributed by atoms with E-state index in [1.807, 2.05) is 0 Å². The van der Waals surface area contributed by atoms with Crippen molar-refractivity contribution in [2.24, 2.45) is 0 Å². The van der Waals surface area contributed by atoms with Crippen LogP contribution in [0.25, 0.3) is 0 Å². The Kier molecular flexibility index (Phi) is 3.15. The first kappa shape index (κ1) is 10.5. The molecular formula is C11H18ClNO. The van der Waals surface area contributed by atoms with E-state index in [0.717, 1.165) is 19.4 Å². The summed E-state index contributed by atoms with van der Waals surface area (Å²) in [6.45, 7) is 3.04. The van der Waals surface area contributed by atoms with Crippen molar-refractivity contribution in [1.82, 2.24) is 4.90 Å². The average molecular weight is 216 g/mol. The van der Waals surface area contributed by atoms with Crippen molar-refractivity contribution < 1.29 is 5.11 Å². The number of piperidine rings is 1. The summed E-state index contributed by atoms with van der Waals surface area (Å²) in [5, 5.41) is 9.63. The van der Waals surface area contributed by atoms with Gasteiger partial charge in [-0.1, -0.05) is 11.6 Å². The van der Waals surface area contributed by atoms with Crippen LogP contribution in [0.1, 0.15) is 32.6 Å². The molecule has 0 spiro atoms. The maximum Gasteiger partial charge on any atom is 0.0570 e. The van der Waals surface area contributed by atoms with Crippen LogP contribution < -0.4 is 0 Å². The van der Waals surface area contributed by atoms with Crippen molar-refractivity contribution in [3.05, 3.63) is 11.1 Å². The molecule has 3 heteroatoms. The second-order valence-corrected chi connectivity index (χ2v) is 4.86. The first-order valence-electron chi connectivity index (χ1n) is 5.40. The molecular weight excluding hydrogens is 198 g/mol. The topological polar surface area (TPSA) is 23.5 Å². The largest absolute Gasteiger partial charge is 0.393 e. The summed E-state index contributed by atoms with van der Waals surface area (Å²) in [6, 6.07) is 1.19. The molecule has 0 aromatic heterocycles. The maximum absolute atomic E-state index is 9.63. The highest BCUT2D eigenvalue weighted by molar-refractivity contribution is 6.25. The number of fused-ring (bicyclic) bond motifs is 2. The quantitative estimate of drug-likeness (QED) is 0.763. The predicted octanol–water partition coefficient (Wildman–Crippen LogP) is 2.12. The van der Waals surface area contributed by atoms with Gasteiger partial charge in [-0.25, -0.2) is 0 Å². The highest BCUT2D eigenvalue weighted by Crippen LogP contribution is 2.35. The van der Waals surface area contributed by atoms with Gasteiger partial charge in [-0.05, 0) is 38.2 Å². The van der Waals surface area contributed by atoms with E-state index in [2.05, 4.69) is 11.8 Å². The molecule has 0 amide bonds. The van der Waals surface area contributed by atoms with Gasteiger partial charge in [-0.15, -0.1) is 0 Å². The molecule has 0 aromatic carbocycles. The molecule has 0 aliphatic carbocycles. The van der Waals surface area contributed by atoms with E-state index in [9.17, 15) is 5.11 Å². The predicted molar refractivity (Wildman–Crippen MR) is 58.4 cm³/mol. The Morgan fingerprint density at radius 1 is 1.43 bits per heavy atom. The third-order valence-electron chi connectivity index (χ3n) is 3.48. The number of rotatable bonds is 2. The molecule has 0 saturated carbocycles. The van der Waals surface area contributed by atoms with Gasteiger partial charge in [-0.2, -0.15) is 0 Å². The minimum atomic E-state index is -0.0657. The number of hydrogen-bond donors (Lipinski definition) is 1. The van der Waals surface area contributed by atoms with Gasteiger partial charge in [0, 0.05) is 24.2 Å². The molecule has 2 unspecified atom stereocenters. The van der Waals surface area contributed by atoms with E-state index in [1.54, 1.807) is 5.54 Å². The van der Waals surface area contributed by atoms with Crippen LogP contribution in [0.3, 0.4) is 0 Å². The Labute approximate surface area is 90.5 Å². The summed E-state index contributed by atoms with van der Waals surface area (Å²) in [4.78, 5) is 2.51. The van der Waals surface area contributed by atoms with Crippen molar-refractivity contribution >= 4 is 11.6 Å². The molecule has 2 saturated heterocycles. The fourth-order valence-electron chi connectivity index (χ4n) is 2.83. The zero-order valence-corrected chi connectivity index (χ0v) is 9.37. The molecule has 2 atom stereocenters. The summed E-state index contributed by atoms with van der Waals surface area (Å²) in [5.74, 6) is 0. The summed E-state index contributed by atoms with van der Waals surface area (Å²) >= 11 is 5.68. The van der Waals surface area contributed by atoms with Gasteiger partial charge < -0.3 is 5.11 Å². The molecule has 2 aliphatic heterocycles.